The number of aromatic nitrogens is 2. The number of aliphatic carboxylic acids is 1. The van der Waals surface area contributed by atoms with E-state index in [4.69, 9.17) is 5.11 Å². The minimum atomic E-state index is -0.804. The van der Waals surface area contributed by atoms with Crippen molar-refractivity contribution in [1.82, 2.24) is 10.2 Å². The van der Waals surface area contributed by atoms with E-state index in [2.05, 4.69) is 10.2 Å². The maximum absolute atomic E-state index is 10.4. The summed E-state index contributed by atoms with van der Waals surface area (Å²) in [5.74, 6) is -0.237. The van der Waals surface area contributed by atoms with Crippen molar-refractivity contribution in [2.24, 2.45) is 0 Å². The van der Waals surface area contributed by atoms with Gasteiger partial charge in [-0.15, -0.1) is 0 Å². The van der Waals surface area contributed by atoms with Crippen LogP contribution in [0.5, 0.6) is 0 Å². The highest BCUT2D eigenvalue weighted by Crippen LogP contribution is 2.41. The number of hydrogen-bond donors (Lipinski definition) is 2. The number of nitrogens with one attached hydrogen (secondary N) is 1. The first-order valence-electron chi connectivity index (χ1n) is 4.01. The zero-order valence-electron chi connectivity index (χ0n) is 6.58. The first-order chi connectivity index (χ1) is 5.77. The van der Waals surface area contributed by atoms with Crippen LogP contribution in [0.25, 0.3) is 0 Å². The van der Waals surface area contributed by atoms with E-state index in [0.717, 1.165) is 11.3 Å². The summed E-state index contributed by atoms with van der Waals surface area (Å²) in [6, 6.07) is 0. The lowest BCUT2D eigenvalue weighted by Gasteiger charge is -1.95. The minimum Gasteiger partial charge on any atom is -0.481 e. The Kier molecular flexibility index (Phi) is 1.60. The van der Waals surface area contributed by atoms with Gasteiger partial charge in [-0.25, -0.2) is 0 Å². The van der Waals surface area contributed by atoms with E-state index < -0.39 is 5.97 Å². The molecule has 0 saturated heterocycles. The molecule has 0 unspecified atom stereocenters. The van der Waals surface area contributed by atoms with Gasteiger partial charge in [0.1, 0.15) is 0 Å². The second-order valence-corrected chi connectivity index (χ2v) is 3.15. The SMILES string of the molecule is O=C(O)Cc1[nH]ncc1C1CC1. The molecule has 0 aliphatic heterocycles. The fourth-order valence-electron chi connectivity index (χ4n) is 1.36. The van der Waals surface area contributed by atoms with Crippen LogP contribution in [-0.2, 0) is 11.2 Å². The lowest BCUT2D eigenvalue weighted by Crippen LogP contribution is -2.02. The van der Waals surface area contributed by atoms with Gasteiger partial charge in [-0.3, -0.25) is 9.89 Å². The van der Waals surface area contributed by atoms with Gasteiger partial charge in [-0.05, 0) is 24.3 Å². The topological polar surface area (TPSA) is 66.0 Å². The molecule has 0 radical (unpaired) electrons. The third-order valence-electron chi connectivity index (χ3n) is 2.10. The van der Waals surface area contributed by atoms with Crippen LogP contribution in [0.3, 0.4) is 0 Å². The van der Waals surface area contributed by atoms with E-state index in [1.807, 2.05) is 0 Å². The van der Waals surface area contributed by atoms with Crippen molar-refractivity contribution in [3.63, 3.8) is 0 Å². The van der Waals surface area contributed by atoms with Gasteiger partial charge in [-0.2, -0.15) is 5.10 Å². The zero-order valence-corrected chi connectivity index (χ0v) is 6.58. The predicted molar refractivity (Wildman–Crippen MR) is 41.9 cm³/mol. The summed E-state index contributed by atoms with van der Waals surface area (Å²) in [4.78, 5) is 10.4. The molecule has 1 heterocycles. The summed E-state index contributed by atoms with van der Waals surface area (Å²) >= 11 is 0. The summed E-state index contributed by atoms with van der Waals surface area (Å²) in [7, 11) is 0. The van der Waals surface area contributed by atoms with E-state index >= 15 is 0 Å². The van der Waals surface area contributed by atoms with Gasteiger partial charge in [0.05, 0.1) is 12.6 Å². The summed E-state index contributed by atoms with van der Waals surface area (Å²) in [6.45, 7) is 0. The number of nitrogens with zero attached hydrogens (tertiary/aromatic N) is 1. The van der Waals surface area contributed by atoms with Crippen molar-refractivity contribution >= 4 is 5.97 Å². The highest BCUT2D eigenvalue weighted by molar-refractivity contribution is 5.70. The molecule has 0 amide bonds. The van der Waals surface area contributed by atoms with Crippen molar-refractivity contribution in [3.8, 4) is 0 Å². The van der Waals surface area contributed by atoms with E-state index in [1.165, 1.54) is 12.8 Å². The molecule has 2 rings (SSSR count). The first kappa shape index (κ1) is 7.34. The summed E-state index contributed by atoms with van der Waals surface area (Å²) in [5.41, 5.74) is 1.86. The van der Waals surface area contributed by atoms with Gasteiger partial charge in [0.25, 0.3) is 0 Å². The average molecular weight is 166 g/mol. The second-order valence-electron chi connectivity index (χ2n) is 3.15. The van der Waals surface area contributed by atoms with Crippen LogP contribution < -0.4 is 0 Å². The molecule has 4 nitrogen and oxygen atoms in total. The van der Waals surface area contributed by atoms with Gasteiger partial charge in [0, 0.05) is 5.69 Å². The monoisotopic (exact) mass is 166 g/mol. The number of hydrogen-bond acceptors (Lipinski definition) is 2. The Bertz CT molecular complexity index is 302. The standard InChI is InChI=1S/C8H10N2O2/c11-8(12)3-7-6(4-9-10-7)5-1-2-5/h4-5H,1-3H2,(H,9,10)(H,11,12). The van der Waals surface area contributed by atoms with Gasteiger partial charge in [-0.1, -0.05) is 0 Å². The van der Waals surface area contributed by atoms with Crippen molar-refractivity contribution in [2.75, 3.05) is 0 Å². The lowest BCUT2D eigenvalue weighted by atomic mass is 10.1. The Hall–Kier alpha value is -1.32. The fraction of sp³-hybridized carbons (Fsp3) is 0.500. The van der Waals surface area contributed by atoms with Gasteiger partial charge >= 0.3 is 5.97 Å². The summed E-state index contributed by atoms with van der Waals surface area (Å²) < 4.78 is 0. The smallest absolute Gasteiger partial charge is 0.309 e. The minimum absolute atomic E-state index is 0.0613. The third kappa shape index (κ3) is 1.32. The Morgan fingerprint density at radius 3 is 3.08 bits per heavy atom. The van der Waals surface area contributed by atoms with Crippen LogP contribution in [0.1, 0.15) is 30.0 Å². The zero-order chi connectivity index (χ0) is 8.55. The third-order valence-corrected chi connectivity index (χ3v) is 2.10. The Labute approximate surface area is 69.6 Å². The molecule has 1 aromatic heterocycles. The molecular formula is C8H10N2O2. The maximum atomic E-state index is 10.4. The quantitative estimate of drug-likeness (QED) is 0.701. The molecule has 0 spiro atoms. The highest BCUT2D eigenvalue weighted by Gasteiger charge is 2.27. The van der Waals surface area contributed by atoms with Gasteiger partial charge in [0.2, 0.25) is 0 Å². The van der Waals surface area contributed by atoms with Crippen LogP contribution in [-0.4, -0.2) is 21.3 Å². The molecule has 0 aromatic carbocycles. The van der Waals surface area contributed by atoms with Gasteiger partial charge < -0.3 is 5.11 Å². The Morgan fingerprint density at radius 1 is 1.75 bits per heavy atom. The van der Waals surface area contributed by atoms with E-state index in [-0.39, 0.29) is 6.42 Å². The highest BCUT2D eigenvalue weighted by atomic mass is 16.4. The predicted octanol–water partition coefficient (Wildman–Crippen LogP) is 0.914. The van der Waals surface area contributed by atoms with Crippen molar-refractivity contribution < 1.29 is 9.90 Å². The molecule has 1 aromatic rings. The van der Waals surface area contributed by atoms with E-state index in [1.54, 1.807) is 6.20 Å². The molecule has 1 fully saturated rings. The number of aromatic amines is 1. The molecule has 64 valence electrons. The number of carboxylic acids is 1. The number of rotatable bonds is 3. The van der Waals surface area contributed by atoms with Crippen LogP contribution in [0, 0.1) is 0 Å². The first-order valence-corrected chi connectivity index (χ1v) is 4.01. The molecule has 4 heteroatoms. The molecular weight excluding hydrogens is 156 g/mol. The van der Waals surface area contributed by atoms with E-state index in [9.17, 15) is 4.79 Å². The number of carbonyl (C=O) groups is 1. The summed E-state index contributed by atoms with van der Waals surface area (Å²) in [5, 5.41) is 15.1. The molecule has 2 N–H and O–H groups in total. The molecule has 1 aliphatic rings. The Morgan fingerprint density at radius 2 is 2.50 bits per heavy atom. The van der Waals surface area contributed by atoms with Crippen LogP contribution in [0.15, 0.2) is 6.20 Å². The van der Waals surface area contributed by atoms with Crippen molar-refractivity contribution in [3.05, 3.63) is 17.5 Å². The van der Waals surface area contributed by atoms with Crippen molar-refractivity contribution in [1.29, 1.82) is 0 Å². The lowest BCUT2D eigenvalue weighted by molar-refractivity contribution is -0.136. The Balaban J connectivity index is 2.18. The largest absolute Gasteiger partial charge is 0.481 e. The molecule has 1 aliphatic carbocycles. The van der Waals surface area contributed by atoms with Gasteiger partial charge in [0.15, 0.2) is 0 Å². The second kappa shape index (κ2) is 2.62. The molecule has 0 atom stereocenters. The normalized spacial score (nSPS) is 16.3. The fourth-order valence-corrected chi connectivity index (χ4v) is 1.36. The van der Waals surface area contributed by atoms with Crippen LogP contribution in [0.2, 0.25) is 0 Å². The average Bonchev–Trinajstić information content (AvgIpc) is 2.73. The number of carboxylic acid groups (broad SMARTS) is 1. The molecule has 1 saturated carbocycles. The van der Waals surface area contributed by atoms with Crippen LogP contribution >= 0.6 is 0 Å². The maximum Gasteiger partial charge on any atom is 0.309 e. The molecule has 12 heavy (non-hydrogen) atoms. The summed E-state index contributed by atoms with van der Waals surface area (Å²) in [6.07, 6.45) is 4.15. The van der Waals surface area contributed by atoms with Crippen LogP contribution in [0.4, 0.5) is 0 Å². The van der Waals surface area contributed by atoms with E-state index in [0.29, 0.717) is 5.92 Å². The molecule has 0 bridgehead atoms. The van der Waals surface area contributed by atoms with Crippen molar-refractivity contribution in [2.45, 2.75) is 25.2 Å². The number of H-pyrrole nitrogens is 1.